The van der Waals surface area contributed by atoms with Gasteiger partial charge in [0.15, 0.2) is 5.16 Å². The summed E-state index contributed by atoms with van der Waals surface area (Å²) in [4.78, 5) is 31.0. The lowest BCUT2D eigenvalue weighted by Crippen LogP contribution is -2.24. The minimum absolute atomic E-state index is 0.0265. The van der Waals surface area contributed by atoms with Crippen LogP contribution in [-0.4, -0.2) is 21.1 Å². The molecule has 0 aliphatic carbocycles. The van der Waals surface area contributed by atoms with Gasteiger partial charge in [-0.05, 0) is 32.4 Å². The molecule has 0 spiro atoms. The number of thioether (sulfide) groups is 1. The average molecular weight is 342 g/mol. The van der Waals surface area contributed by atoms with Crippen molar-refractivity contribution in [3.63, 3.8) is 0 Å². The number of amides is 1. The highest BCUT2D eigenvalue weighted by Crippen LogP contribution is 2.21. The number of hydrogen-bond acceptors (Lipinski definition) is 5. The van der Waals surface area contributed by atoms with Crippen LogP contribution >= 0.6 is 11.8 Å². The molecule has 24 heavy (non-hydrogen) atoms. The predicted molar refractivity (Wildman–Crippen MR) is 94.1 cm³/mol. The number of H-pyrrole nitrogens is 1. The van der Waals surface area contributed by atoms with E-state index in [1.165, 1.54) is 0 Å². The summed E-state index contributed by atoms with van der Waals surface area (Å²) in [5.41, 5.74) is 1.82. The Labute approximate surface area is 144 Å². The smallest absolute Gasteiger partial charge is 0.269 e. The Balaban J connectivity index is 2.11. The first-order valence-electron chi connectivity index (χ1n) is 7.52. The SMILES string of the molecule is CCc1nc(S[C@@H](C)C(=O)Nc2ccc(C)cc2)[nH]c(=O)c1C#N. The third-order valence-electron chi connectivity index (χ3n) is 3.40. The van der Waals surface area contributed by atoms with Crippen LogP contribution in [0.25, 0.3) is 0 Å². The fraction of sp³-hybridized carbons (Fsp3) is 0.294. The number of aromatic nitrogens is 2. The van der Waals surface area contributed by atoms with Crippen molar-refractivity contribution >= 4 is 23.4 Å². The van der Waals surface area contributed by atoms with Crippen LogP contribution in [0.5, 0.6) is 0 Å². The molecule has 0 aliphatic rings. The van der Waals surface area contributed by atoms with E-state index in [9.17, 15) is 9.59 Å². The highest BCUT2D eigenvalue weighted by Gasteiger charge is 2.18. The summed E-state index contributed by atoms with van der Waals surface area (Å²) in [7, 11) is 0. The molecule has 0 radical (unpaired) electrons. The van der Waals surface area contributed by atoms with Gasteiger partial charge in [0, 0.05) is 5.69 Å². The van der Waals surface area contributed by atoms with Gasteiger partial charge in [-0.1, -0.05) is 36.4 Å². The van der Waals surface area contributed by atoms with Crippen LogP contribution in [0.1, 0.15) is 30.7 Å². The van der Waals surface area contributed by atoms with Crippen LogP contribution in [-0.2, 0) is 11.2 Å². The first-order valence-corrected chi connectivity index (χ1v) is 8.40. The zero-order chi connectivity index (χ0) is 17.7. The molecule has 1 atom stereocenters. The molecule has 0 aliphatic heterocycles. The molecule has 124 valence electrons. The van der Waals surface area contributed by atoms with Crippen LogP contribution in [0.2, 0.25) is 0 Å². The molecule has 1 amide bonds. The van der Waals surface area contributed by atoms with Crippen molar-refractivity contribution in [3.05, 3.63) is 51.4 Å². The van der Waals surface area contributed by atoms with Crippen molar-refractivity contribution in [1.29, 1.82) is 5.26 Å². The summed E-state index contributed by atoms with van der Waals surface area (Å²) in [6.07, 6.45) is 0.477. The molecule has 7 heteroatoms. The molecule has 1 aromatic carbocycles. The Hall–Kier alpha value is -2.59. The van der Waals surface area contributed by atoms with Gasteiger partial charge in [0.05, 0.1) is 10.9 Å². The third kappa shape index (κ3) is 4.24. The Morgan fingerprint density at radius 1 is 1.42 bits per heavy atom. The second-order valence-electron chi connectivity index (χ2n) is 5.27. The molecule has 1 heterocycles. The summed E-state index contributed by atoms with van der Waals surface area (Å²) >= 11 is 1.15. The van der Waals surface area contributed by atoms with Gasteiger partial charge in [0.2, 0.25) is 5.91 Å². The Morgan fingerprint density at radius 3 is 2.67 bits per heavy atom. The molecule has 0 saturated heterocycles. The summed E-state index contributed by atoms with van der Waals surface area (Å²) in [6.45, 7) is 5.53. The predicted octanol–water partition coefficient (Wildman–Crippen LogP) is 2.63. The number of carbonyl (C=O) groups is 1. The number of aromatic amines is 1. The lowest BCUT2D eigenvalue weighted by Gasteiger charge is -2.12. The normalized spacial score (nSPS) is 11.6. The number of benzene rings is 1. The molecular weight excluding hydrogens is 324 g/mol. The molecule has 0 bridgehead atoms. The van der Waals surface area contributed by atoms with E-state index in [-0.39, 0.29) is 11.5 Å². The maximum atomic E-state index is 12.3. The van der Waals surface area contributed by atoms with E-state index in [1.807, 2.05) is 44.2 Å². The standard InChI is InChI=1S/C17H18N4O2S/c1-4-14-13(9-18)16(23)21-17(20-14)24-11(3)15(22)19-12-7-5-10(2)6-8-12/h5-8,11H,4H2,1-3H3,(H,19,22)(H,20,21,23)/t11-/m0/s1. The molecule has 0 fully saturated rings. The molecule has 2 rings (SSSR count). The zero-order valence-corrected chi connectivity index (χ0v) is 14.5. The van der Waals surface area contributed by atoms with Crippen molar-refractivity contribution in [2.75, 3.05) is 5.32 Å². The fourth-order valence-electron chi connectivity index (χ4n) is 2.03. The fourth-order valence-corrected chi connectivity index (χ4v) is 2.84. The Kier molecular flexibility index (Phi) is 5.77. The van der Waals surface area contributed by atoms with E-state index >= 15 is 0 Å². The van der Waals surface area contributed by atoms with E-state index in [0.717, 1.165) is 17.3 Å². The van der Waals surface area contributed by atoms with Crippen molar-refractivity contribution in [1.82, 2.24) is 9.97 Å². The molecule has 6 nitrogen and oxygen atoms in total. The van der Waals surface area contributed by atoms with Gasteiger partial charge in [0.25, 0.3) is 5.56 Å². The average Bonchev–Trinajstić information content (AvgIpc) is 2.56. The van der Waals surface area contributed by atoms with Gasteiger partial charge in [0.1, 0.15) is 11.6 Å². The van der Waals surface area contributed by atoms with Crippen molar-refractivity contribution < 1.29 is 4.79 Å². The molecule has 2 aromatic rings. The van der Waals surface area contributed by atoms with Crippen molar-refractivity contribution in [3.8, 4) is 6.07 Å². The summed E-state index contributed by atoms with van der Waals surface area (Å²) in [6, 6.07) is 9.36. The van der Waals surface area contributed by atoms with Gasteiger partial charge in [-0.25, -0.2) is 4.98 Å². The van der Waals surface area contributed by atoms with Crippen LogP contribution in [0.15, 0.2) is 34.2 Å². The first-order chi connectivity index (χ1) is 11.4. The second-order valence-corrected chi connectivity index (χ2v) is 6.60. The van der Waals surface area contributed by atoms with E-state index in [1.54, 1.807) is 6.92 Å². The minimum atomic E-state index is -0.474. The second kappa shape index (κ2) is 7.79. The first kappa shape index (κ1) is 17.8. The molecule has 1 aromatic heterocycles. The molecular formula is C17H18N4O2S. The van der Waals surface area contributed by atoms with E-state index in [0.29, 0.717) is 23.0 Å². The van der Waals surface area contributed by atoms with Crippen molar-refractivity contribution in [2.45, 2.75) is 37.6 Å². The molecule has 0 saturated carbocycles. The van der Waals surface area contributed by atoms with E-state index in [4.69, 9.17) is 5.26 Å². The molecule has 2 N–H and O–H groups in total. The lowest BCUT2D eigenvalue weighted by molar-refractivity contribution is -0.115. The highest BCUT2D eigenvalue weighted by molar-refractivity contribution is 8.00. The minimum Gasteiger partial charge on any atom is -0.325 e. The largest absolute Gasteiger partial charge is 0.325 e. The number of nitriles is 1. The number of nitrogens with one attached hydrogen (secondary N) is 2. The van der Waals surface area contributed by atoms with Gasteiger partial charge in [-0.15, -0.1) is 0 Å². The maximum Gasteiger partial charge on any atom is 0.269 e. The van der Waals surface area contributed by atoms with Crippen LogP contribution in [0.3, 0.4) is 0 Å². The van der Waals surface area contributed by atoms with Crippen LogP contribution in [0.4, 0.5) is 5.69 Å². The topological polar surface area (TPSA) is 98.6 Å². The third-order valence-corrected chi connectivity index (χ3v) is 4.38. The molecule has 0 unspecified atom stereocenters. The van der Waals surface area contributed by atoms with Crippen molar-refractivity contribution in [2.24, 2.45) is 0 Å². The van der Waals surface area contributed by atoms with E-state index < -0.39 is 10.8 Å². The Bertz CT molecular complexity index is 837. The van der Waals surface area contributed by atoms with Gasteiger partial charge >= 0.3 is 0 Å². The number of anilines is 1. The summed E-state index contributed by atoms with van der Waals surface area (Å²) in [5.74, 6) is -0.186. The quantitative estimate of drug-likeness (QED) is 0.643. The van der Waals surface area contributed by atoms with Crippen LogP contribution < -0.4 is 10.9 Å². The summed E-state index contributed by atoms with van der Waals surface area (Å²) < 4.78 is 0. The Morgan fingerprint density at radius 2 is 2.08 bits per heavy atom. The number of aryl methyl sites for hydroxylation is 2. The monoisotopic (exact) mass is 342 g/mol. The highest BCUT2D eigenvalue weighted by atomic mass is 32.2. The van der Waals surface area contributed by atoms with Crippen LogP contribution in [0, 0.1) is 18.3 Å². The summed E-state index contributed by atoms with van der Waals surface area (Å²) in [5, 5.41) is 11.7. The number of carbonyl (C=O) groups excluding carboxylic acids is 1. The van der Waals surface area contributed by atoms with Gasteiger partial charge < -0.3 is 10.3 Å². The maximum absolute atomic E-state index is 12.3. The lowest BCUT2D eigenvalue weighted by atomic mass is 10.2. The number of rotatable bonds is 5. The number of nitrogens with zero attached hydrogens (tertiary/aromatic N) is 2. The number of hydrogen-bond donors (Lipinski definition) is 2. The van der Waals surface area contributed by atoms with E-state index in [2.05, 4.69) is 15.3 Å². The zero-order valence-electron chi connectivity index (χ0n) is 13.7. The van der Waals surface area contributed by atoms with Gasteiger partial charge in [-0.2, -0.15) is 5.26 Å². The van der Waals surface area contributed by atoms with Gasteiger partial charge in [-0.3, -0.25) is 9.59 Å².